The second-order valence-corrected chi connectivity index (χ2v) is 5.62. The first-order valence-corrected chi connectivity index (χ1v) is 7.20. The van der Waals surface area contributed by atoms with Gasteiger partial charge in [-0.1, -0.05) is 23.7 Å². The number of hydrogen-bond donors (Lipinski definition) is 1. The summed E-state index contributed by atoms with van der Waals surface area (Å²) in [6, 6.07) is 7.48. The molecule has 108 valence electrons. The summed E-state index contributed by atoms with van der Waals surface area (Å²) < 4.78 is 0. The Labute approximate surface area is 124 Å². The number of benzene rings is 1. The normalized spacial score (nSPS) is 16.4. The maximum Gasteiger partial charge on any atom is 0.238 e. The molecule has 1 aromatic rings. The predicted octanol–water partition coefficient (Wildman–Crippen LogP) is 2.72. The third kappa shape index (κ3) is 4.05. The molecule has 1 N–H and O–H groups in total. The molecule has 1 amide bonds. The number of carbonyl (C=O) groups is 2. The fourth-order valence-electron chi connectivity index (χ4n) is 2.47. The average Bonchev–Trinajstić information content (AvgIpc) is 2.42. The Morgan fingerprint density at radius 2 is 2.00 bits per heavy atom. The van der Waals surface area contributed by atoms with E-state index in [1.165, 1.54) is 0 Å². The summed E-state index contributed by atoms with van der Waals surface area (Å²) in [6.45, 7) is 0.310. The lowest BCUT2D eigenvalue weighted by Gasteiger charge is -2.30. The number of anilines is 1. The smallest absolute Gasteiger partial charge is 0.238 e. The molecular weight excluding hydrogens is 276 g/mol. The number of amides is 1. The van der Waals surface area contributed by atoms with Crippen molar-refractivity contribution in [1.82, 2.24) is 4.90 Å². The Morgan fingerprint density at radius 3 is 2.65 bits per heavy atom. The van der Waals surface area contributed by atoms with Crippen LogP contribution in [0.2, 0.25) is 5.02 Å². The van der Waals surface area contributed by atoms with Crippen LogP contribution in [-0.2, 0) is 9.59 Å². The number of hydrogen-bond acceptors (Lipinski definition) is 3. The summed E-state index contributed by atoms with van der Waals surface area (Å²) in [6.07, 6.45) is 2.94. The summed E-state index contributed by atoms with van der Waals surface area (Å²) in [5.41, 5.74) is 0.631. The molecule has 4 nitrogen and oxygen atoms in total. The van der Waals surface area contributed by atoms with Crippen molar-refractivity contribution >= 4 is 29.0 Å². The van der Waals surface area contributed by atoms with Crippen molar-refractivity contribution in [2.45, 2.75) is 31.7 Å². The van der Waals surface area contributed by atoms with Crippen LogP contribution in [0.5, 0.6) is 0 Å². The number of nitrogens with zero attached hydrogens (tertiary/aromatic N) is 1. The van der Waals surface area contributed by atoms with Gasteiger partial charge < -0.3 is 5.32 Å². The van der Waals surface area contributed by atoms with Crippen LogP contribution in [-0.4, -0.2) is 36.2 Å². The van der Waals surface area contributed by atoms with Crippen molar-refractivity contribution in [3.8, 4) is 0 Å². The van der Waals surface area contributed by atoms with Crippen LogP contribution in [0.4, 0.5) is 5.69 Å². The Hall–Kier alpha value is -1.39. The number of carbonyl (C=O) groups excluding carboxylic acids is 2. The molecule has 0 unspecified atom stereocenters. The fraction of sp³-hybridized carbons (Fsp3) is 0.467. The van der Waals surface area contributed by atoms with E-state index in [4.69, 9.17) is 11.6 Å². The van der Waals surface area contributed by atoms with E-state index in [0.29, 0.717) is 41.9 Å². The molecule has 0 aliphatic heterocycles. The number of rotatable bonds is 4. The molecule has 0 bridgehead atoms. The highest BCUT2D eigenvalue weighted by atomic mass is 35.5. The van der Waals surface area contributed by atoms with Crippen molar-refractivity contribution in [1.29, 1.82) is 0 Å². The highest BCUT2D eigenvalue weighted by Crippen LogP contribution is 2.21. The van der Waals surface area contributed by atoms with Gasteiger partial charge in [-0.15, -0.1) is 0 Å². The van der Waals surface area contributed by atoms with Crippen LogP contribution < -0.4 is 5.32 Å². The first-order valence-electron chi connectivity index (χ1n) is 6.82. The highest BCUT2D eigenvalue weighted by Gasteiger charge is 2.23. The minimum absolute atomic E-state index is 0.0856. The van der Waals surface area contributed by atoms with E-state index in [1.807, 2.05) is 24.1 Å². The van der Waals surface area contributed by atoms with Crippen LogP contribution in [0.1, 0.15) is 25.7 Å². The van der Waals surface area contributed by atoms with Gasteiger partial charge in [-0.2, -0.15) is 0 Å². The highest BCUT2D eigenvalue weighted by molar-refractivity contribution is 6.33. The number of para-hydroxylation sites is 1. The monoisotopic (exact) mass is 294 g/mol. The summed E-state index contributed by atoms with van der Waals surface area (Å²) in [7, 11) is 1.92. The van der Waals surface area contributed by atoms with E-state index in [2.05, 4.69) is 5.32 Å². The standard InChI is InChI=1S/C15H19ClN2O2/c1-18(11-6-8-12(19)9-7-11)10-15(20)17-14-5-3-2-4-13(14)16/h2-5,11H,6-10H2,1H3,(H,17,20). The molecule has 0 radical (unpaired) electrons. The predicted molar refractivity (Wildman–Crippen MR) is 80.0 cm³/mol. The van der Waals surface area contributed by atoms with Crippen molar-refractivity contribution in [3.63, 3.8) is 0 Å². The van der Waals surface area contributed by atoms with Gasteiger partial charge in [-0.05, 0) is 32.0 Å². The summed E-state index contributed by atoms with van der Waals surface area (Å²) in [5, 5.41) is 3.34. The van der Waals surface area contributed by atoms with Crippen LogP contribution in [0, 0.1) is 0 Å². The molecule has 1 aromatic carbocycles. The second-order valence-electron chi connectivity index (χ2n) is 5.21. The van der Waals surface area contributed by atoms with Crippen molar-refractivity contribution < 1.29 is 9.59 Å². The lowest BCUT2D eigenvalue weighted by Crippen LogP contribution is -2.40. The average molecular weight is 295 g/mol. The minimum Gasteiger partial charge on any atom is -0.324 e. The van der Waals surface area contributed by atoms with Gasteiger partial charge in [-0.25, -0.2) is 0 Å². The quantitative estimate of drug-likeness (QED) is 0.929. The lowest BCUT2D eigenvalue weighted by atomic mass is 9.93. The van der Waals surface area contributed by atoms with Gasteiger partial charge >= 0.3 is 0 Å². The molecule has 0 aromatic heterocycles. The molecule has 0 atom stereocenters. The zero-order chi connectivity index (χ0) is 14.5. The number of Topliss-reactive ketones (excluding diaryl/α,β-unsaturated/α-hetero) is 1. The SMILES string of the molecule is CN(CC(=O)Nc1ccccc1Cl)C1CCC(=O)CC1. The summed E-state index contributed by atoms with van der Waals surface area (Å²) >= 11 is 6.00. The summed E-state index contributed by atoms with van der Waals surface area (Å²) in [5.74, 6) is 0.243. The van der Waals surface area contributed by atoms with Crippen molar-refractivity contribution in [2.75, 3.05) is 18.9 Å². The Kier molecular flexibility index (Phi) is 5.15. The summed E-state index contributed by atoms with van der Waals surface area (Å²) in [4.78, 5) is 25.2. The largest absolute Gasteiger partial charge is 0.324 e. The van der Waals surface area contributed by atoms with E-state index >= 15 is 0 Å². The number of nitrogens with one attached hydrogen (secondary N) is 1. The van der Waals surface area contributed by atoms with E-state index in [9.17, 15) is 9.59 Å². The third-order valence-corrected chi connectivity index (χ3v) is 4.01. The van der Waals surface area contributed by atoms with Gasteiger partial charge in [-0.3, -0.25) is 14.5 Å². The number of ketones is 1. The zero-order valence-electron chi connectivity index (χ0n) is 11.6. The van der Waals surface area contributed by atoms with Crippen LogP contribution in [0.3, 0.4) is 0 Å². The molecule has 20 heavy (non-hydrogen) atoms. The molecular formula is C15H19ClN2O2. The lowest BCUT2D eigenvalue weighted by molar-refractivity contribution is -0.121. The van der Waals surface area contributed by atoms with Gasteiger partial charge in [0.1, 0.15) is 5.78 Å². The van der Waals surface area contributed by atoms with E-state index in [0.717, 1.165) is 12.8 Å². The van der Waals surface area contributed by atoms with E-state index < -0.39 is 0 Å². The molecule has 1 saturated carbocycles. The number of halogens is 1. The van der Waals surface area contributed by atoms with Gasteiger partial charge in [0.25, 0.3) is 0 Å². The first-order chi connectivity index (χ1) is 9.56. The molecule has 0 saturated heterocycles. The molecule has 5 heteroatoms. The zero-order valence-corrected chi connectivity index (χ0v) is 12.3. The molecule has 1 aliphatic rings. The topological polar surface area (TPSA) is 49.4 Å². The Bertz CT molecular complexity index is 494. The first kappa shape index (κ1) is 15.0. The van der Waals surface area contributed by atoms with Crippen LogP contribution in [0.15, 0.2) is 24.3 Å². The maximum atomic E-state index is 12.0. The van der Waals surface area contributed by atoms with Gasteiger partial charge in [0.05, 0.1) is 17.3 Å². The second kappa shape index (κ2) is 6.86. The molecule has 0 spiro atoms. The number of likely N-dealkylation sites (N-methyl/N-ethyl adjacent to an activating group) is 1. The molecule has 2 rings (SSSR count). The molecule has 0 heterocycles. The van der Waals surface area contributed by atoms with Gasteiger partial charge in [0, 0.05) is 18.9 Å². The minimum atomic E-state index is -0.0856. The van der Waals surface area contributed by atoms with Crippen molar-refractivity contribution in [3.05, 3.63) is 29.3 Å². The van der Waals surface area contributed by atoms with Crippen LogP contribution >= 0.6 is 11.6 Å². The van der Waals surface area contributed by atoms with Gasteiger partial charge in [0.2, 0.25) is 5.91 Å². The van der Waals surface area contributed by atoms with Crippen molar-refractivity contribution in [2.24, 2.45) is 0 Å². The van der Waals surface area contributed by atoms with Crippen LogP contribution in [0.25, 0.3) is 0 Å². The third-order valence-electron chi connectivity index (χ3n) is 3.68. The Balaban J connectivity index is 1.85. The van der Waals surface area contributed by atoms with Gasteiger partial charge in [0.15, 0.2) is 0 Å². The van der Waals surface area contributed by atoms with E-state index in [1.54, 1.807) is 12.1 Å². The Morgan fingerprint density at radius 1 is 1.35 bits per heavy atom. The fourth-order valence-corrected chi connectivity index (χ4v) is 2.66. The molecule has 1 aliphatic carbocycles. The maximum absolute atomic E-state index is 12.0. The van der Waals surface area contributed by atoms with E-state index in [-0.39, 0.29) is 5.91 Å². The molecule has 1 fully saturated rings.